The molecule has 2 aromatic carbocycles. The van der Waals surface area contributed by atoms with Gasteiger partial charge in [0.15, 0.2) is 0 Å². The molecular formula is C27H31N3O3. The standard InChI is InChI=1S/C27H31N3O3/c1-7-30-24-15-25(32-6)19(14-23(24)18(3)16-27(30,4)5)13-20(17-28)26(31)29-21-9-11-22(12-10-21)33-8-2/h9-16H,7-8H2,1-6H3,(H,29,31)/b20-13+. The van der Waals surface area contributed by atoms with Crippen LogP contribution >= 0.6 is 0 Å². The average molecular weight is 446 g/mol. The first-order valence-corrected chi connectivity index (χ1v) is 11.1. The zero-order valence-electron chi connectivity index (χ0n) is 20.2. The molecule has 0 aliphatic carbocycles. The number of anilines is 2. The number of hydrogen-bond donors (Lipinski definition) is 1. The SMILES string of the molecule is CCOc1ccc(NC(=O)/C(C#N)=C/c2cc3c(cc2OC)N(CC)C(C)(C)C=C3C)cc1. The highest BCUT2D eigenvalue weighted by molar-refractivity contribution is 6.10. The Morgan fingerprint density at radius 1 is 1.21 bits per heavy atom. The van der Waals surface area contributed by atoms with Gasteiger partial charge in [-0.25, -0.2) is 0 Å². The highest BCUT2D eigenvalue weighted by Gasteiger charge is 2.31. The molecule has 172 valence electrons. The van der Waals surface area contributed by atoms with Gasteiger partial charge in [0, 0.05) is 35.1 Å². The van der Waals surface area contributed by atoms with E-state index in [0.29, 0.717) is 23.6 Å². The van der Waals surface area contributed by atoms with Crippen molar-refractivity contribution < 1.29 is 14.3 Å². The van der Waals surface area contributed by atoms with Crippen molar-refractivity contribution in [1.29, 1.82) is 5.26 Å². The van der Waals surface area contributed by atoms with Crippen LogP contribution in [0.5, 0.6) is 11.5 Å². The number of nitrogens with one attached hydrogen (secondary N) is 1. The smallest absolute Gasteiger partial charge is 0.266 e. The Balaban J connectivity index is 1.96. The fourth-order valence-electron chi connectivity index (χ4n) is 4.29. The van der Waals surface area contributed by atoms with Crippen molar-refractivity contribution in [3.05, 3.63) is 59.2 Å². The predicted octanol–water partition coefficient (Wildman–Crippen LogP) is 5.66. The van der Waals surface area contributed by atoms with Crippen LogP contribution in [-0.4, -0.2) is 31.7 Å². The molecule has 1 aliphatic heterocycles. The highest BCUT2D eigenvalue weighted by Crippen LogP contribution is 2.42. The van der Waals surface area contributed by atoms with Gasteiger partial charge >= 0.3 is 0 Å². The number of benzene rings is 2. The summed E-state index contributed by atoms with van der Waals surface area (Å²) in [5.41, 5.74) is 4.42. The summed E-state index contributed by atoms with van der Waals surface area (Å²) in [5, 5.41) is 12.5. The van der Waals surface area contributed by atoms with Gasteiger partial charge in [0.2, 0.25) is 0 Å². The van der Waals surface area contributed by atoms with Crippen LogP contribution in [0.25, 0.3) is 11.6 Å². The minimum Gasteiger partial charge on any atom is -0.496 e. The zero-order chi connectivity index (χ0) is 24.2. The van der Waals surface area contributed by atoms with Gasteiger partial charge in [-0.05, 0) is 76.6 Å². The van der Waals surface area contributed by atoms with Crippen molar-refractivity contribution in [3.8, 4) is 17.6 Å². The van der Waals surface area contributed by atoms with Gasteiger partial charge in [0.25, 0.3) is 5.91 Å². The van der Waals surface area contributed by atoms with E-state index in [-0.39, 0.29) is 11.1 Å². The fourth-order valence-corrected chi connectivity index (χ4v) is 4.29. The number of methoxy groups -OCH3 is 1. The molecule has 3 rings (SSSR count). The van der Waals surface area contributed by atoms with Gasteiger partial charge in [0.1, 0.15) is 23.1 Å². The van der Waals surface area contributed by atoms with E-state index < -0.39 is 5.91 Å². The van der Waals surface area contributed by atoms with E-state index in [9.17, 15) is 10.1 Å². The fraction of sp³-hybridized carbons (Fsp3) is 0.333. The van der Waals surface area contributed by atoms with Crippen LogP contribution < -0.4 is 19.7 Å². The molecule has 1 aliphatic rings. The van der Waals surface area contributed by atoms with Crippen molar-refractivity contribution in [3.63, 3.8) is 0 Å². The van der Waals surface area contributed by atoms with Crippen LogP contribution in [0.15, 0.2) is 48.0 Å². The van der Waals surface area contributed by atoms with Crippen molar-refractivity contribution in [1.82, 2.24) is 0 Å². The second-order valence-corrected chi connectivity index (χ2v) is 8.42. The number of nitriles is 1. The van der Waals surface area contributed by atoms with E-state index in [1.165, 1.54) is 0 Å². The molecule has 0 saturated heterocycles. The molecule has 6 heteroatoms. The molecule has 0 spiro atoms. The van der Waals surface area contributed by atoms with Gasteiger partial charge < -0.3 is 19.7 Å². The Morgan fingerprint density at radius 2 is 1.91 bits per heavy atom. The molecule has 6 nitrogen and oxygen atoms in total. The lowest BCUT2D eigenvalue weighted by molar-refractivity contribution is -0.112. The molecule has 33 heavy (non-hydrogen) atoms. The minimum absolute atomic E-state index is 0.00717. The molecule has 0 aromatic heterocycles. The third-order valence-electron chi connectivity index (χ3n) is 5.73. The largest absolute Gasteiger partial charge is 0.496 e. The van der Waals surface area contributed by atoms with E-state index >= 15 is 0 Å². The summed E-state index contributed by atoms with van der Waals surface area (Å²) < 4.78 is 11.1. The quantitative estimate of drug-likeness (QED) is 0.440. The maximum atomic E-state index is 12.8. The summed E-state index contributed by atoms with van der Waals surface area (Å²) in [7, 11) is 1.60. The highest BCUT2D eigenvalue weighted by atomic mass is 16.5. The van der Waals surface area contributed by atoms with Crippen molar-refractivity contribution in [2.45, 2.75) is 40.2 Å². The molecule has 0 atom stereocenters. The predicted molar refractivity (Wildman–Crippen MR) is 134 cm³/mol. The van der Waals surface area contributed by atoms with Crippen LogP contribution in [0.3, 0.4) is 0 Å². The normalized spacial score (nSPS) is 14.6. The molecule has 0 bridgehead atoms. The maximum Gasteiger partial charge on any atom is 0.266 e. The topological polar surface area (TPSA) is 74.6 Å². The average Bonchev–Trinajstić information content (AvgIpc) is 2.78. The first-order chi connectivity index (χ1) is 15.7. The molecule has 0 saturated carbocycles. The summed E-state index contributed by atoms with van der Waals surface area (Å²) in [5.74, 6) is 0.849. The molecule has 0 radical (unpaired) electrons. The summed E-state index contributed by atoms with van der Waals surface area (Å²) in [6, 6.07) is 13.0. The van der Waals surface area contributed by atoms with E-state index in [1.807, 2.05) is 25.1 Å². The number of rotatable bonds is 7. The molecule has 1 N–H and O–H groups in total. The van der Waals surface area contributed by atoms with Crippen LogP contribution in [-0.2, 0) is 4.79 Å². The third kappa shape index (κ3) is 5.04. The van der Waals surface area contributed by atoms with E-state index in [4.69, 9.17) is 9.47 Å². The van der Waals surface area contributed by atoms with Gasteiger partial charge in [-0.2, -0.15) is 5.26 Å². The Hall–Kier alpha value is -3.72. The molecule has 0 fully saturated rings. The molecular weight excluding hydrogens is 414 g/mol. The lowest BCUT2D eigenvalue weighted by atomic mass is 9.87. The van der Waals surface area contributed by atoms with E-state index in [0.717, 1.165) is 29.1 Å². The monoisotopic (exact) mass is 445 g/mol. The Labute approximate surface area is 196 Å². The number of hydrogen-bond acceptors (Lipinski definition) is 5. The molecule has 1 amide bonds. The lowest BCUT2D eigenvalue weighted by Crippen LogP contribution is -2.44. The van der Waals surface area contributed by atoms with Crippen LogP contribution in [0.1, 0.15) is 45.7 Å². The Kier molecular flexibility index (Phi) is 7.13. The van der Waals surface area contributed by atoms with Gasteiger partial charge in [-0.3, -0.25) is 4.79 Å². The number of carbonyl (C=O) groups excluding carboxylic acids is 1. The van der Waals surface area contributed by atoms with Crippen LogP contribution in [0.2, 0.25) is 0 Å². The minimum atomic E-state index is -0.481. The van der Waals surface area contributed by atoms with Crippen molar-refractivity contribution in [2.75, 3.05) is 30.5 Å². The first-order valence-electron chi connectivity index (χ1n) is 11.1. The van der Waals surface area contributed by atoms with Gasteiger partial charge in [0.05, 0.1) is 19.3 Å². The summed E-state index contributed by atoms with van der Waals surface area (Å²) in [4.78, 5) is 15.1. The van der Waals surface area contributed by atoms with E-state index in [1.54, 1.807) is 37.5 Å². The Bertz CT molecular complexity index is 1140. The molecule has 0 unspecified atom stereocenters. The summed E-state index contributed by atoms with van der Waals surface area (Å²) in [6.45, 7) is 11.9. The van der Waals surface area contributed by atoms with Gasteiger partial charge in [-0.15, -0.1) is 0 Å². The van der Waals surface area contributed by atoms with Gasteiger partial charge in [-0.1, -0.05) is 6.08 Å². The maximum absolute atomic E-state index is 12.8. The second kappa shape index (κ2) is 9.83. The lowest BCUT2D eigenvalue weighted by Gasteiger charge is -2.43. The number of amides is 1. The number of fused-ring (bicyclic) bond motifs is 1. The summed E-state index contributed by atoms with van der Waals surface area (Å²) >= 11 is 0. The zero-order valence-corrected chi connectivity index (χ0v) is 20.2. The van der Waals surface area contributed by atoms with Crippen LogP contribution in [0.4, 0.5) is 11.4 Å². The van der Waals surface area contributed by atoms with Crippen molar-refractivity contribution in [2.24, 2.45) is 0 Å². The van der Waals surface area contributed by atoms with Crippen molar-refractivity contribution >= 4 is 28.9 Å². The summed E-state index contributed by atoms with van der Waals surface area (Å²) in [6.07, 6.45) is 3.81. The number of ether oxygens (including phenoxy) is 2. The first kappa shape index (κ1) is 23.9. The second-order valence-electron chi connectivity index (χ2n) is 8.42. The number of nitrogens with zero attached hydrogens (tertiary/aromatic N) is 2. The third-order valence-corrected chi connectivity index (χ3v) is 5.73. The Morgan fingerprint density at radius 3 is 2.48 bits per heavy atom. The number of likely N-dealkylation sites (N-methyl/N-ethyl adjacent to an activating group) is 1. The number of carbonyl (C=O) groups is 1. The van der Waals surface area contributed by atoms with E-state index in [2.05, 4.69) is 44.0 Å². The molecule has 1 heterocycles. The van der Waals surface area contributed by atoms with Crippen LogP contribution in [0, 0.1) is 11.3 Å². The molecule has 2 aromatic rings. The number of allylic oxidation sites excluding steroid dienone is 1.